The van der Waals surface area contributed by atoms with Crippen LogP contribution in [0.2, 0.25) is 0 Å². The molecule has 1 heterocycles. The van der Waals surface area contributed by atoms with Gasteiger partial charge in [-0.2, -0.15) is 4.99 Å². The number of halogens is 1. The van der Waals surface area contributed by atoms with Gasteiger partial charge in [0.2, 0.25) is 0 Å². The number of thioether (sulfide) groups is 2. The van der Waals surface area contributed by atoms with Crippen molar-refractivity contribution in [1.29, 1.82) is 0 Å². The lowest BCUT2D eigenvalue weighted by molar-refractivity contribution is -0.139. The van der Waals surface area contributed by atoms with Gasteiger partial charge in [0, 0.05) is 29.0 Å². The van der Waals surface area contributed by atoms with Gasteiger partial charge in [0.1, 0.15) is 5.82 Å². The quantitative estimate of drug-likeness (QED) is 0.0580. The number of rotatable bonds is 18. The van der Waals surface area contributed by atoms with E-state index < -0.39 is 35.6 Å². The van der Waals surface area contributed by atoms with Crippen molar-refractivity contribution in [2.75, 3.05) is 11.1 Å². The minimum Gasteiger partial charge on any atom is -0.481 e. The number of anilines is 1. The normalized spacial score (nSPS) is 14.1. The number of aliphatic carboxylic acids is 3. The highest BCUT2D eigenvalue weighted by atomic mass is 32.2. The fourth-order valence-electron chi connectivity index (χ4n) is 5.07. The molecule has 0 saturated carbocycles. The molecule has 4 rings (SSSR count). The summed E-state index contributed by atoms with van der Waals surface area (Å²) in [7, 11) is 0. The molecule has 48 heavy (non-hydrogen) atoms. The van der Waals surface area contributed by atoms with Gasteiger partial charge in [0.05, 0.1) is 10.8 Å². The van der Waals surface area contributed by atoms with Crippen LogP contribution in [0, 0.1) is 5.82 Å². The van der Waals surface area contributed by atoms with E-state index in [1.165, 1.54) is 12.1 Å². The molecule has 0 radical (unpaired) electrons. The Morgan fingerprint density at radius 3 is 2.10 bits per heavy atom. The van der Waals surface area contributed by atoms with Crippen LogP contribution in [0.3, 0.4) is 0 Å². The van der Waals surface area contributed by atoms with Crippen LogP contribution in [-0.2, 0) is 19.2 Å². The van der Waals surface area contributed by atoms with Crippen molar-refractivity contribution in [1.82, 2.24) is 0 Å². The number of nitrogens with zero attached hydrogens (tertiary/aromatic N) is 1. The third-order valence-electron chi connectivity index (χ3n) is 7.64. The minimum absolute atomic E-state index is 0.0677. The van der Waals surface area contributed by atoms with Crippen molar-refractivity contribution in [3.05, 3.63) is 88.6 Å². The topological polar surface area (TPSA) is 153 Å². The molecule has 1 atom stereocenters. The molecule has 12 heteroatoms. The zero-order chi connectivity index (χ0) is 34.5. The van der Waals surface area contributed by atoms with Crippen LogP contribution in [0.15, 0.2) is 81.5 Å². The number of hydrogen-bond acceptors (Lipinski definition) is 7. The van der Waals surface area contributed by atoms with Gasteiger partial charge in [-0.1, -0.05) is 55.7 Å². The zero-order valence-electron chi connectivity index (χ0n) is 26.2. The van der Waals surface area contributed by atoms with Crippen LogP contribution in [0.5, 0.6) is 0 Å². The third kappa shape index (κ3) is 11.4. The van der Waals surface area contributed by atoms with E-state index >= 15 is 4.39 Å². The lowest BCUT2D eigenvalue weighted by atomic mass is 9.93. The highest BCUT2D eigenvalue weighted by Crippen LogP contribution is 2.32. The first-order chi connectivity index (χ1) is 23.1. The van der Waals surface area contributed by atoms with E-state index in [4.69, 9.17) is 10.2 Å². The summed E-state index contributed by atoms with van der Waals surface area (Å²) in [5.41, 5.74) is 3.06. The SMILES string of the molecule is O=C(O)CCCCCSc1ccc(-c2ccc(/C=C3/SC(Nc4ccc(C(CCCCCC(=O)O)C(=O)O)cc4)=NC3=O)c(F)c2)cc1. The maximum absolute atomic E-state index is 15.1. The largest absolute Gasteiger partial charge is 0.481 e. The van der Waals surface area contributed by atoms with E-state index in [1.807, 2.05) is 24.3 Å². The molecule has 1 unspecified atom stereocenters. The highest BCUT2D eigenvalue weighted by Gasteiger charge is 2.23. The Kier molecular flexibility index (Phi) is 13.8. The van der Waals surface area contributed by atoms with E-state index in [9.17, 15) is 24.3 Å². The molecule has 0 fully saturated rings. The molecule has 0 spiro atoms. The summed E-state index contributed by atoms with van der Waals surface area (Å²) in [5, 5.41) is 30.6. The van der Waals surface area contributed by atoms with Crippen LogP contribution < -0.4 is 5.32 Å². The molecule has 1 aliphatic rings. The number of amidine groups is 1. The fourth-order valence-corrected chi connectivity index (χ4v) is 6.81. The van der Waals surface area contributed by atoms with Crippen LogP contribution in [0.25, 0.3) is 17.2 Å². The summed E-state index contributed by atoms with van der Waals surface area (Å²) in [6.07, 6.45) is 6.38. The van der Waals surface area contributed by atoms with E-state index in [0.717, 1.165) is 40.8 Å². The monoisotopic (exact) mass is 692 g/mol. The van der Waals surface area contributed by atoms with E-state index in [-0.39, 0.29) is 23.3 Å². The Morgan fingerprint density at radius 1 is 0.833 bits per heavy atom. The summed E-state index contributed by atoms with van der Waals surface area (Å²) in [5.74, 6) is -3.36. The molecule has 1 amide bonds. The summed E-state index contributed by atoms with van der Waals surface area (Å²) >= 11 is 2.78. The maximum Gasteiger partial charge on any atom is 0.310 e. The zero-order valence-corrected chi connectivity index (χ0v) is 27.8. The van der Waals surface area contributed by atoms with Gasteiger partial charge >= 0.3 is 17.9 Å². The van der Waals surface area contributed by atoms with Crippen molar-refractivity contribution in [3.8, 4) is 11.1 Å². The van der Waals surface area contributed by atoms with Crippen molar-refractivity contribution >= 4 is 64.3 Å². The van der Waals surface area contributed by atoms with Gasteiger partial charge < -0.3 is 20.6 Å². The standard InChI is InChI=1S/C36H37FN2O7S2/c37-30-21-25(23-14-18-28(19-15-23)47-20-6-2-5-9-33(42)43)10-11-26(30)22-31-34(44)39-36(48-31)38-27-16-12-24(13-17-27)29(35(45)46)7-3-1-4-8-32(40)41/h10-19,21-22,29H,1-9,20H2,(H,40,41)(H,42,43)(H,45,46)(H,38,39,44)/b31-22+. The molecule has 3 aromatic carbocycles. The molecule has 252 valence electrons. The number of benzene rings is 3. The smallest absolute Gasteiger partial charge is 0.310 e. The number of carboxylic acid groups (broad SMARTS) is 3. The Balaban J connectivity index is 1.29. The Labute approximate surface area is 286 Å². The number of amides is 1. The fraction of sp³-hybridized carbons (Fsp3) is 0.306. The van der Waals surface area contributed by atoms with Gasteiger partial charge in [-0.3, -0.25) is 19.2 Å². The molecule has 3 aromatic rings. The first kappa shape index (κ1) is 36.4. The predicted octanol–water partition coefficient (Wildman–Crippen LogP) is 8.52. The Morgan fingerprint density at radius 2 is 1.48 bits per heavy atom. The second-order valence-electron chi connectivity index (χ2n) is 11.3. The Bertz CT molecular complexity index is 1670. The Hall–Kier alpha value is -4.42. The molecular weight excluding hydrogens is 656 g/mol. The van der Waals surface area contributed by atoms with Gasteiger partial charge in [-0.05, 0) is 96.3 Å². The molecule has 1 aliphatic heterocycles. The number of aliphatic imine (C=N–C) groups is 1. The number of unbranched alkanes of at least 4 members (excludes halogenated alkanes) is 4. The second kappa shape index (κ2) is 18.2. The lowest BCUT2D eigenvalue weighted by Gasteiger charge is -2.13. The average molecular weight is 693 g/mol. The molecule has 4 N–H and O–H groups in total. The number of nitrogens with one attached hydrogen (secondary N) is 1. The summed E-state index contributed by atoms with van der Waals surface area (Å²) in [4.78, 5) is 51.1. The van der Waals surface area contributed by atoms with Gasteiger partial charge in [0.15, 0.2) is 5.17 Å². The minimum atomic E-state index is -0.947. The lowest BCUT2D eigenvalue weighted by Crippen LogP contribution is -2.12. The summed E-state index contributed by atoms with van der Waals surface area (Å²) in [6, 6.07) is 19.5. The number of carbonyl (C=O) groups is 4. The van der Waals surface area contributed by atoms with Crippen LogP contribution >= 0.6 is 23.5 Å². The van der Waals surface area contributed by atoms with Gasteiger partial charge in [-0.15, -0.1) is 11.8 Å². The molecule has 9 nitrogen and oxygen atoms in total. The first-order valence-corrected chi connectivity index (χ1v) is 17.5. The van der Waals surface area contributed by atoms with Crippen LogP contribution in [0.4, 0.5) is 10.1 Å². The molecule has 0 saturated heterocycles. The number of hydrogen-bond donors (Lipinski definition) is 4. The van der Waals surface area contributed by atoms with E-state index in [2.05, 4.69) is 10.3 Å². The molecule has 0 bridgehead atoms. The first-order valence-electron chi connectivity index (χ1n) is 15.7. The molecule has 0 aromatic heterocycles. The molecular formula is C36H37FN2O7S2. The van der Waals surface area contributed by atoms with E-state index in [0.29, 0.717) is 54.1 Å². The maximum atomic E-state index is 15.1. The highest BCUT2D eigenvalue weighted by molar-refractivity contribution is 8.18. The van der Waals surface area contributed by atoms with Crippen molar-refractivity contribution in [2.45, 2.75) is 68.6 Å². The second-order valence-corrected chi connectivity index (χ2v) is 13.5. The van der Waals surface area contributed by atoms with Crippen molar-refractivity contribution in [3.63, 3.8) is 0 Å². The van der Waals surface area contributed by atoms with Crippen LogP contribution in [0.1, 0.15) is 74.8 Å². The average Bonchev–Trinajstić information content (AvgIpc) is 3.39. The summed E-state index contributed by atoms with van der Waals surface area (Å²) in [6.45, 7) is 0. The predicted molar refractivity (Wildman–Crippen MR) is 188 cm³/mol. The number of carboxylic acids is 3. The molecule has 0 aliphatic carbocycles. The van der Waals surface area contributed by atoms with Crippen LogP contribution in [-0.4, -0.2) is 50.1 Å². The third-order valence-corrected chi connectivity index (χ3v) is 9.64. The van der Waals surface area contributed by atoms with Gasteiger partial charge in [0.25, 0.3) is 5.91 Å². The van der Waals surface area contributed by atoms with E-state index in [1.54, 1.807) is 48.2 Å². The van der Waals surface area contributed by atoms with Crippen molar-refractivity contribution in [2.24, 2.45) is 4.99 Å². The number of carbonyl (C=O) groups excluding carboxylic acids is 1. The van der Waals surface area contributed by atoms with Crippen molar-refractivity contribution < 1.29 is 38.9 Å². The van der Waals surface area contributed by atoms with Gasteiger partial charge in [-0.25, -0.2) is 4.39 Å². The summed E-state index contributed by atoms with van der Waals surface area (Å²) < 4.78 is 15.1.